The van der Waals surface area contributed by atoms with Crippen molar-refractivity contribution in [3.63, 3.8) is 0 Å². The van der Waals surface area contributed by atoms with Crippen molar-refractivity contribution in [1.82, 2.24) is 20.1 Å². The quantitative estimate of drug-likeness (QED) is 0.806. The number of aromatic nitrogens is 3. The lowest BCUT2D eigenvalue weighted by Crippen LogP contribution is -2.35. The molecule has 20 heavy (non-hydrogen) atoms. The first kappa shape index (κ1) is 14.1. The lowest BCUT2D eigenvalue weighted by Gasteiger charge is -2.10. The lowest BCUT2D eigenvalue weighted by atomic mass is 10.3. The van der Waals surface area contributed by atoms with Crippen LogP contribution in [-0.4, -0.2) is 26.8 Å². The van der Waals surface area contributed by atoms with E-state index in [1.54, 1.807) is 24.3 Å². The van der Waals surface area contributed by atoms with Gasteiger partial charge in [-0.1, -0.05) is 11.6 Å². The van der Waals surface area contributed by atoms with E-state index in [9.17, 15) is 4.79 Å². The van der Waals surface area contributed by atoms with E-state index in [-0.39, 0.29) is 17.9 Å². The summed E-state index contributed by atoms with van der Waals surface area (Å²) in [5, 5.41) is 10.2. The van der Waals surface area contributed by atoms with Crippen LogP contribution in [0.3, 0.4) is 0 Å². The van der Waals surface area contributed by atoms with Crippen LogP contribution in [0.1, 0.15) is 13.8 Å². The number of nitrogen functional groups attached to an aromatic ring is 1. The number of nitrogens with zero attached hydrogens (tertiary/aromatic N) is 3. The maximum atomic E-state index is 12.0. The average molecular weight is 295 g/mol. The Hall–Kier alpha value is -2.28. The molecule has 0 radical (unpaired) electrons. The van der Waals surface area contributed by atoms with Gasteiger partial charge in [0.25, 0.3) is 0 Å². The molecule has 2 aromatic rings. The van der Waals surface area contributed by atoms with Crippen LogP contribution in [-0.2, 0) is 0 Å². The molecule has 0 saturated heterocycles. The van der Waals surface area contributed by atoms with Gasteiger partial charge in [-0.15, -0.1) is 9.78 Å². The smallest absolute Gasteiger partial charge is 0.345 e. The molecule has 0 spiro atoms. The summed E-state index contributed by atoms with van der Waals surface area (Å²) in [5.74, 6) is 0.253. The molecule has 1 aromatic carbocycles. The molecule has 2 rings (SSSR count). The Balaban J connectivity index is 2.23. The van der Waals surface area contributed by atoms with E-state index < -0.39 is 6.03 Å². The van der Waals surface area contributed by atoms with Crippen LogP contribution >= 0.6 is 11.6 Å². The van der Waals surface area contributed by atoms with Gasteiger partial charge in [-0.25, -0.2) is 4.79 Å². The second-order valence-corrected chi connectivity index (χ2v) is 4.88. The standard InChI is InChI=1S/C12H15ClN6O/c1-7(2)15-12(20)19-11(17-10(14)18-19)16-9-5-3-8(13)4-6-9/h3-7H,1-2H3,(H,15,20)(H3,14,16,17,18). The van der Waals surface area contributed by atoms with Crippen molar-refractivity contribution >= 4 is 35.2 Å². The third kappa shape index (κ3) is 3.39. The largest absolute Gasteiger partial charge is 0.366 e. The Bertz CT molecular complexity index is 607. The van der Waals surface area contributed by atoms with Gasteiger partial charge in [0.15, 0.2) is 0 Å². The van der Waals surface area contributed by atoms with Crippen LogP contribution < -0.4 is 16.4 Å². The molecular formula is C12H15ClN6O. The Morgan fingerprint density at radius 1 is 1.35 bits per heavy atom. The highest BCUT2D eigenvalue weighted by molar-refractivity contribution is 6.30. The van der Waals surface area contributed by atoms with Crippen molar-refractivity contribution < 1.29 is 4.79 Å². The topological polar surface area (TPSA) is 97.9 Å². The minimum absolute atomic E-state index is 0.0142. The predicted molar refractivity (Wildman–Crippen MR) is 78.2 cm³/mol. The summed E-state index contributed by atoms with van der Waals surface area (Å²) in [6, 6.07) is 6.55. The summed E-state index contributed by atoms with van der Waals surface area (Å²) in [6.45, 7) is 3.70. The third-order valence-corrected chi connectivity index (χ3v) is 2.58. The number of rotatable bonds is 3. The van der Waals surface area contributed by atoms with E-state index in [4.69, 9.17) is 17.3 Å². The molecule has 1 aromatic heterocycles. The summed E-state index contributed by atoms with van der Waals surface area (Å²) in [5.41, 5.74) is 6.26. The molecule has 0 saturated carbocycles. The zero-order chi connectivity index (χ0) is 14.7. The molecule has 106 valence electrons. The van der Waals surface area contributed by atoms with Gasteiger partial charge in [0.2, 0.25) is 11.9 Å². The maximum absolute atomic E-state index is 12.0. The number of nitrogens with one attached hydrogen (secondary N) is 2. The molecule has 0 aliphatic rings. The zero-order valence-corrected chi connectivity index (χ0v) is 11.8. The van der Waals surface area contributed by atoms with Gasteiger partial charge < -0.3 is 16.4 Å². The molecule has 0 unspecified atom stereocenters. The SMILES string of the molecule is CC(C)NC(=O)n1nc(N)nc1Nc1ccc(Cl)cc1. The van der Waals surface area contributed by atoms with Crippen LogP contribution in [0.25, 0.3) is 0 Å². The number of nitrogens with two attached hydrogens (primary N) is 1. The van der Waals surface area contributed by atoms with Gasteiger partial charge in [-0.05, 0) is 38.1 Å². The average Bonchev–Trinajstić information content (AvgIpc) is 2.72. The van der Waals surface area contributed by atoms with Crippen molar-refractivity contribution in [2.75, 3.05) is 11.1 Å². The van der Waals surface area contributed by atoms with E-state index in [1.807, 2.05) is 13.8 Å². The molecule has 0 bridgehead atoms. The molecule has 1 heterocycles. The van der Waals surface area contributed by atoms with Crippen LogP contribution in [0.5, 0.6) is 0 Å². The summed E-state index contributed by atoms with van der Waals surface area (Å²) in [6.07, 6.45) is 0. The van der Waals surface area contributed by atoms with E-state index in [2.05, 4.69) is 20.7 Å². The number of benzene rings is 1. The monoisotopic (exact) mass is 294 g/mol. The van der Waals surface area contributed by atoms with E-state index in [0.717, 1.165) is 10.4 Å². The Morgan fingerprint density at radius 2 is 2.00 bits per heavy atom. The zero-order valence-electron chi connectivity index (χ0n) is 11.1. The Labute approximate surface area is 121 Å². The van der Waals surface area contributed by atoms with Crippen molar-refractivity contribution in [2.24, 2.45) is 0 Å². The lowest BCUT2D eigenvalue weighted by molar-refractivity contribution is 0.237. The van der Waals surface area contributed by atoms with Gasteiger partial charge >= 0.3 is 6.03 Å². The van der Waals surface area contributed by atoms with Crippen LogP contribution in [0, 0.1) is 0 Å². The first-order valence-electron chi connectivity index (χ1n) is 6.01. The molecule has 4 N–H and O–H groups in total. The minimum atomic E-state index is -0.402. The van der Waals surface area contributed by atoms with E-state index in [0.29, 0.717) is 5.02 Å². The number of carbonyl (C=O) groups excluding carboxylic acids is 1. The Morgan fingerprint density at radius 3 is 2.60 bits per heavy atom. The van der Waals surface area contributed by atoms with Gasteiger partial charge in [0.05, 0.1) is 0 Å². The summed E-state index contributed by atoms with van der Waals surface area (Å²) >= 11 is 5.81. The fourth-order valence-corrected chi connectivity index (χ4v) is 1.65. The molecule has 0 fully saturated rings. The van der Waals surface area contributed by atoms with Crippen molar-refractivity contribution in [2.45, 2.75) is 19.9 Å². The van der Waals surface area contributed by atoms with Gasteiger partial charge in [0.1, 0.15) is 0 Å². The molecule has 1 amide bonds. The van der Waals surface area contributed by atoms with Crippen LogP contribution in [0.2, 0.25) is 5.02 Å². The van der Waals surface area contributed by atoms with Gasteiger partial charge in [0, 0.05) is 16.8 Å². The fraction of sp³-hybridized carbons (Fsp3) is 0.250. The van der Waals surface area contributed by atoms with Crippen molar-refractivity contribution in [3.8, 4) is 0 Å². The van der Waals surface area contributed by atoms with Gasteiger partial charge in [-0.2, -0.15) is 4.98 Å². The number of hydrogen-bond acceptors (Lipinski definition) is 5. The second kappa shape index (κ2) is 5.79. The normalized spacial score (nSPS) is 10.6. The minimum Gasteiger partial charge on any atom is -0.366 e. The Kier molecular flexibility index (Phi) is 4.09. The summed E-state index contributed by atoms with van der Waals surface area (Å²) < 4.78 is 1.09. The number of halogens is 1. The first-order chi connectivity index (χ1) is 9.45. The first-order valence-corrected chi connectivity index (χ1v) is 6.39. The highest BCUT2D eigenvalue weighted by Gasteiger charge is 2.15. The van der Waals surface area contributed by atoms with E-state index in [1.165, 1.54) is 0 Å². The van der Waals surface area contributed by atoms with Crippen molar-refractivity contribution in [1.29, 1.82) is 0 Å². The summed E-state index contributed by atoms with van der Waals surface area (Å²) in [7, 11) is 0. The molecule has 7 nitrogen and oxygen atoms in total. The number of amides is 1. The molecule has 0 aliphatic carbocycles. The molecule has 0 atom stereocenters. The molecule has 0 aliphatic heterocycles. The number of carbonyl (C=O) groups is 1. The van der Waals surface area contributed by atoms with E-state index >= 15 is 0 Å². The second-order valence-electron chi connectivity index (χ2n) is 4.44. The molecule has 8 heteroatoms. The highest BCUT2D eigenvalue weighted by Crippen LogP contribution is 2.18. The van der Waals surface area contributed by atoms with Crippen LogP contribution in [0.4, 0.5) is 22.4 Å². The maximum Gasteiger partial charge on any atom is 0.345 e. The molecular weight excluding hydrogens is 280 g/mol. The van der Waals surface area contributed by atoms with Crippen LogP contribution in [0.15, 0.2) is 24.3 Å². The fourth-order valence-electron chi connectivity index (χ4n) is 1.52. The summed E-state index contributed by atoms with van der Waals surface area (Å²) in [4.78, 5) is 15.9. The third-order valence-electron chi connectivity index (χ3n) is 2.33. The highest BCUT2D eigenvalue weighted by atomic mass is 35.5. The van der Waals surface area contributed by atoms with Gasteiger partial charge in [-0.3, -0.25) is 0 Å². The van der Waals surface area contributed by atoms with Crippen molar-refractivity contribution in [3.05, 3.63) is 29.3 Å². The number of hydrogen-bond donors (Lipinski definition) is 3. The predicted octanol–water partition coefficient (Wildman–Crippen LogP) is 2.22. The number of anilines is 3.